The number of carbonyl (C=O) groups excluding carboxylic acids is 3. The predicted octanol–water partition coefficient (Wildman–Crippen LogP) is 1.59. The van der Waals surface area contributed by atoms with Gasteiger partial charge in [-0.3, -0.25) is 9.59 Å². The highest BCUT2D eigenvalue weighted by Gasteiger charge is 2.49. The van der Waals surface area contributed by atoms with E-state index in [1.54, 1.807) is 21.8 Å². The lowest BCUT2D eigenvalue weighted by atomic mass is 9.97. The topological polar surface area (TPSA) is 73.4 Å². The van der Waals surface area contributed by atoms with Gasteiger partial charge in [-0.05, 0) is 30.4 Å². The summed E-state index contributed by atoms with van der Waals surface area (Å²) in [5.41, 5.74) is 2.10. The first-order chi connectivity index (χ1) is 14.9. The van der Waals surface area contributed by atoms with Crippen LogP contribution in [0.4, 0.5) is 10.5 Å². The Morgan fingerprint density at radius 2 is 1.90 bits per heavy atom. The van der Waals surface area contributed by atoms with E-state index in [1.165, 1.54) is 0 Å². The van der Waals surface area contributed by atoms with Gasteiger partial charge >= 0.3 is 6.03 Å². The minimum Gasteiger partial charge on any atom is -0.383 e. The number of para-hydroxylation sites is 1. The van der Waals surface area contributed by atoms with Crippen LogP contribution in [0.3, 0.4) is 0 Å². The van der Waals surface area contributed by atoms with E-state index in [0.717, 1.165) is 17.7 Å². The first-order valence-corrected chi connectivity index (χ1v) is 11.1. The molecular formula is C23H32N4O4. The van der Waals surface area contributed by atoms with Crippen LogP contribution in [0.5, 0.6) is 0 Å². The third-order valence-electron chi connectivity index (χ3n) is 6.45. The van der Waals surface area contributed by atoms with Crippen LogP contribution in [0.15, 0.2) is 24.3 Å². The van der Waals surface area contributed by atoms with Gasteiger partial charge in [-0.2, -0.15) is 0 Å². The molecule has 3 heterocycles. The van der Waals surface area contributed by atoms with Crippen LogP contribution < -0.4 is 4.90 Å². The molecule has 0 aliphatic carbocycles. The molecule has 0 spiro atoms. The maximum absolute atomic E-state index is 13.3. The summed E-state index contributed by atoms with van der Waals surface area (Å²) in [4.78, 5) is 46.4. The number of hydrogen-bond donors (Lipinski definition) is 0. The summed E-state index contributed by atoms with van der Waals surface area (Å²) in [5, 5.41) is 0. The van der Waals surface area contributed by atoms with E-state index in [0.29, 0.717) is 39.2 Å². The van der Waals surface area contributed by atoms with Crippen molar-refractivity contribution in [1.29, 1.82) is 0 Å². The maximum Gasteiger partial charge on any atom is 0.321 e. The lowest BCUT2D eigenvalue weighted by molar-refractivity contribution is -0.143. The molecule has 0 radical (unpaired) electrons. The maximum atomic E-state index is 13.3. The van der Waals surface area contributed by atoms with Crippen molar-refractivity contribution < 1.29 is 19.1 Å². The Morgan fingerprint density at radius 1 is 1.16 bits per heavy atom. The average molecular weight is 429 g/mol. The van der Waals surface area contributed by atoms with E-state index in [2.05, 4.69) is 13.8 Å². The smallest absolute Gasteiger partial charge is 0.321 e. The number of nitrogens with zero attached hydrogens (tertiary/aromatic N) is 4. The van der Waals surface area contributed by atoms with Crippen LogP contribution in [0.1, 0.15) is 25.8 Å². The molecule has 1 aromatic rings. The molecule has 31 heavy (non-hydrogen) atoms. The quantitative estimate of drug-likeness (QED) is 0.661. The summed E-state index contributed by atoms with van der Waals surface area (Å²) < 4.78 is 5.17. The monoisotopic (exact) mass is 428 g/mol. The molecule has 2 atom stereocenters. The Kier molecular flexibility index (Phi) is 6.18. The zero-order valence-corrected chi connectivity index (χ0v) is 18.6. The number of urea groups is 1. The second kappa shape index (κ2) is 8.86. The number of amides is 4. The molecule has 0 bridgehead atoms. The molecule has 2 saturated heterocycles. The van der Waals surface area contributed by atoms with Crippen LogP contribution in [0.2, 0.25) is 0 Å². The van der Waals surface area contributed by atoms with Gasteiger partial charge in [0.2, 0.25) is 11.8 Å². The molecule has 2 fully saturated rings. The van der Waals surface area contributed by atoms with Crippen molar-refractivity contribution in [3.63, 3.8) is 0 Å². The molecule has 0 unspecified atom stereocenters. The minimum absolute atomic E-state index is 0.0167. The summed E-state index contributed by atoms with van der Waals surface area (Å²) >= 11 is 0. The molecule has 4 rings (SSSR count). The largest absolute Gasteiger partial charge is 0.383 e. The van der Waals surface area contributed by atoms with Crippen LogP contribution in [-0.4, -0.2) is 91.1 Å². The molecule has 8 nitrogen and oxygen atoms in total. The van der Waals surface area contributed by atoms with E-state index in [-0.39, 0.29) is 36.3 Å². The number of fused-ring (bicyclic) bond motifs is 2. The third kappa shape index (κ3) is 4.13. The first kappa shape index (κ1) is 21.6. The van der Waals surface area contributed by atoms with Crippen molar-refractivity contribution >= 4 is 23.5 Å². The lowest BCUT2D eigenvalue weighted by Gasteiger charge is -2.42. The van der Waals surface area contributed by atoms with Crippen molar-refractivity contribution in [2.24, 2.45) is 5.92 Å². The molecule has 4 amide bonds. The summed E-state index contributed by atoms with van der Waals surface area (Å²) in [7, 11) is 1.62. The number of rotatable bonds is 7. The van der Waals surface area contributed by atoms with Gasteiger partial charge in [0, 0.05) is 39.0 Å². The number of methoxy groups -OCH3 is 1. The molecule has 168 valence electrons. The number of carbonyl (C=O) groups is 3. The predicted molar refractivity (Wildman–Crippen MR) is 117 cm³/mol. The van der Waals surface area contributed by atoms with Crippen molar-refractivity contribution in [1.82, 2.24) is 14.7 Å². The van der Waals surface area contributed by atoms with Gasteiger partial charge in [-0.1, -0.05) is 32.0 Å². The van der Waals surface area contributed by atoms with E-state index in [9.17, 15) is 14.4 Å². The van der Waals surface area contributed by atoms with Crippen molar-refractivity contribution in [2.75, 3.05) is 51.3 Å². The minimum atomic E-state index is -0.476. The molecule has 0 N–H and O–H groups in total. The molecule has 3 aliphatic rings. The van der Waals surface area contributed by atoms with Gasteiger partial charge in [0.25, 0.3) is 0 Å². The average Bonchev–Trinajstić information content (AvgIpc) is 3.30. The van der Waals surface area contributed by atoms with Gasteiger partial charge in [0.1, 0.15) is 12.6 Å². The Hall–Kier alpha value is -2.61. The van der Waals surface area contributed by atoms with Crippen molar-refractivity contribution in [3.05, 3.63) is 29.8 Å². The molecule has 1 aromatic carbocycles. The fourth-order valence-corrected chi connectivity index (χ4v) is 4.99. The molecule has 8 heteroatoms. The SMILES string of the molecule is COCCN1C[C@@H]2CN(CC(=O)N3CCc4ccccc43)C(=O)N2[C@@H](CC(C)C)C1=O. The number of ether oxygens (including phenoxy) is 1. The summed E-state index contributed by atoms with van der Waals surface area (Å²) in [5.74, 6) is 0.194. The van der Waals surface area contributed by atoms with Gasteiger partial charge in [0.05, 0.1) is 12.6 Å². The van der Waals surface area contributed by atoms with E-state index in [1.807, 2.05) is 29.2 Å². The third-order valence-corrected chi connectivity index (χ3v) is 6.45. The van der Waals surface area contributed by atoms with Crippen molar-refractivity contribution in [3.8, 4) is 0 Å². The highest BCUT2D eigenvalue weighted by atomic mass is 16.5. The van der Waals surface area contributed by atoms with Crippen LogP contribution in [0, 0.1) is 5.92 Å². The van der Waals surface area contributed by atoms with Gasteiger partial charge in [0.15, 0.2) is 0 Å². The Bertz CT molecular complexity index is 858. The normalized spacial score (nSPS) is 23.1. The number of benzene rings is 1. The Morgan fingerprint density at radius 3 is 2.65 bits per heavy atom. The summed E-state index contributed by atoms with van der Waals surface area (Å²) in [6.45, 7) is 6.74. The van der Waals surface area contributed by atoms with Crippen LogP contribution >= 0.6 is 0 Å². The zero-order valence-electron chi connectivity index (χ0n) is 18.6. The van der Waals surface area contributed by atoms with Gasteiger partial charge < -0.3 is 24.3 Å². The lowest BCUT2D eigenvalue weighted by Crippen LogP contribution is -2.61. The van der Waals surface area contributed by atoms with Crippen LogP contribution in [-0.2, 0) is 20.7 Å². The first-order valence-electron chi connectivity index (χ1n) is 11.1. The summed E-state index contributed by atoms with van der Waals surface area (Å²) in [6, 6.07) is 7.15. The van der Waals surface area contributed by atoms with Gasteiger partial charge in [-0.25, -0.2) is 4.79 Å². The molecule has 3 aliphatic heterocycles. The van der Waals surface area contributed by atoms with Crippen LogP contribution in [0.25, 0.3) is 0 Å². The molecule has 0 saturated carbocycles. The molecule has 0 aromatic heterocycles. The molecular weight excluding hydrogens is 396 g/mol. The summed E-state index contributed by atoms with van der Waals surface area (Å²) in [6.07, 6.45) is 1.45. The zero-order chi connectivity index (χ0) is 22.1. The standard InChI is InChI=1S/C23H32N4O4/c1-16(2)12-20-22(29)24(10-11-31-3)13-18-14-25(23(30)27(18)20)15-21(28)26-9-8-17-6-4-5-7-19(17)26/h4-7,16,18,20H,8-15H2,1-3H3/t18-,20+/m1/s1. The number of piperazine rings is 1. The Labute approximate surface area is 183 Å². The fraction of sp³-hybridized carbons (Fsp3) is 0.609. The fourth-order valence-electron chi connectivity index (χ4n) is 4.99. The number of hydrogen-bond acceptors (Lipinski definition) is 4. The van der Waals surface area contributed by atoms with E-state index in [4.69, 9.17) is 4.74 Å². The highest BCUT2D eigenvalue weighted by molar-refractivity contribution is 5.99. The van der Waals surface area contributed by atoms with Crippen molar-refractivity contribution in [2.45, 2.75) is 38.8 Å². The van der Waals surface area contributed by atoms with E-state index < -0.39 is 6.04 Å². The second-order valence-corrected chi connectivity index (χ2v) is 9.07. The van der Waals surface area contributed by atoms with Gasteiger partial charge in [-0.15, -0.1) is 0 Å². The Balaban J connectivity index is 1.49. The second-order valence-electron chi connectivity index (χ2n) is 9.07. The number of anilines is 1. The highest BCUT2D eigenvalue weighted by Crippen LogP contribution is 2.31. The van der Waals surface area contributed by atoms with E-state index >= 15 is 0 Å².